The molecule has 0 fully saturated rings. The maximum Gasteiger partial charge on any atom is 0.323 e. The van der Waals surface area contributed by atoms with E-state index in [1.807, 2.05) is 24.3 Å². The summed E-state index contributed by atoms with van der Waals surface area (Å²) in [5.41, 5.74) is 1.56. The number of fused-ring (bicyclic) bond motifs is 1. The summed E-state index contributed by atoms with van der Waals surface area (Å²) < 4.78 is 11.4. The van der Waals surface area contributed by atoms with E-state index >= 15 is 0 Å². The van der Waals surface area contributed by atoms with E-state index < -0.39 is 0 Å². The molecule has 1 aliphatic rings. The number of hydrogen-bond acceptors (Lipinski definition) is 6. The second kappa shape index (κ2) is 5.96. The number of carbonyl (C=O) groups excluding carboxylic acids is 1. The van der Waals surface area contributed by atoms with Crippen molar-refractivity contribution >= 4 is 22.5 Å². The van der Waals surface area contributed by atoms with Gasteiger partial charge in [-0.15, -0.1) is 10.2 Å². The molecule has 7 nitrogen and oxygen atoms in total. The number of likely N-dealkylation sites (N-methyl/N-ethyl adjacent to an activating group) is 1. The minimum Gasteiger partial charge on any atom is -0.486 e. The second-order valence-electron chi connectivity index (χ2n) is 4.55. The Morgan fingerprint density at radius 2 is 2.29 bits per heavy atom. The van der Waals surface area contributed by atoms with Crippen LogP contribution in [0.4, 0.5) is 9.93 Å². The maximum absolute atomic E-state index is 12.0. The average Bonchev–Trinajstić information content (AvgIpc) is 3.00. The molecule has 1 N–H and O–H groups in total. The van der Waals surface area contributed by atoms with Gasteiger partial charge in [0.1, 0.15) is 12.1 Å². The first kappa shape index (κ1) is 13.6. The van der Waals surface area contributed by atoms with Crippen LogP contribution in [0, 0.1) is 0 Å². The molecule has 1 aromatic carbocycles. The molecule has 1 atom stereocenters. The summed E-state index contributed by atoms with van der Waals surface area (Å²) in [5.74, 6) is 1.43. The van der Waals surface area contributed by atoms with E-state index in [-0.39, 0.29) is 12.1 Å². The van der Waals surface area contributed by atoms with Crippen molar-refractivity contribution in [3.8, 4) is 11.5 Å². The molecule has 2 amide bonds. The van der Waals surface area contributed by atoms with E-state index in [1.165, 1.54) is 16.2 Å². The van der Waals surface area contributed by atoms with Gasteiger partial charge in [0.25, 0.3) is 0 Å². The van der Waals surface area contributed by atoms with Crippen LogP contribution in [0.2, 0.25) is 0 Å². The fourth-order valence-corrected chi connectivity index (χ4v) is 2.39. The highest BCUT2D eigenvalue weighted by Crippen LogP contribution is 2.30. The Morgan fingerprint density at radius 1 is 1.48 bits per heavy atom. The largest absolute Gasteiger partial charge is 0.486 e. The van der Waals surface area contributed by atoms with Gasteiger partial charge in [-0.3, -0.25) is 5.32 Å². The summed E-state index contributed by atoms with van der Waals surface area (Å²) in [6.45, 7) is 0.826. The minimum atomic E-state index is -0.255. The monoisotopic (exact) mass is 306 g/mol. The molecule has 2 heterocycles. The molecule has 0 unspecified atom stereocenters. The van der Waals surface area contributed by atoms with Gasteiger partial charge in [0.2, 0.25) is 5.13 Å². The third kappa shape index (κ3) is 3.22. The van der Waals surface area contributed by atoms with Gasteiger partial charge in [-0.25, -0.2) is 4.79 Å². The number of para-hydroxylation sites is 2. The van der Waals surface area contributed by atoms with Crippen molar-refractivity contribution in [1.82, 2.24) is 15.1 Å². The average molecular weight is 306 g/mol. The number of aromatic nitrogens is 2. The number of carbonyl (C=O) groups is 1. The van der Waals surface area contributed by atoms with Crippen molar-refractivity contribution < 1.29 is 14.3 Å². The van der Waals surface area contributed by atoms with Gasteiger partial charge in [0.15, 0.2) is 17.6 Å². The molecule has 8 heteroatoms. The van der Waals surface area contributed by atoms with E-state index in [9.17, 15) is 4.79 Å². The molecule has 110 valence electrons. The van der Waals surface area contributed by atoms with Crippen LogP contribution in [-0.2, 0) is 0 Å². The Labute approximate surface area is 125 Å². The minimum absolute atomic E-state index is 0.204. The standard InChI is InChI=1S/C13H14N4O3S/c1-17(13(18)15-12-16-14-8-21-12)6-9-7-19-10-4-2-3-5-11(10)20-9/h2-5,8-9H,6-7H2,1H3,(H,15,16,18)/t9-/m1/s1. The fraction of sp³-hybridized carbons (Fsp3) is 0.308. The van der Waals surface area contributed by atoms with E-state index in [1.54, 1.807) is 12.6 Å². The highest BCUT2D eigenvalue weighted by molar-refractivity contribution is 7.13. The molecule has 2 aromatic rings. The number of amides is 2. The summed E-state index contributed by atoms with van der Waals surface area (Å²) in [5, 5.41) is 10.6. The van der Waals surface area contributed by atoms with Gasteiger partial charge >= 0.3 is 6.03 Å². The molecular weight excluding hydrogens is 292 g/mol. The molecule has 0 bridgehead atoms. The Bertz CT molecular complexity index is 620. The third-order valence-electron chi connectivity index (χ3n) is 2.97. The first-order chi connectivity index (χ1) is 10.2. The zero-order chi connectivity index (χ0) is 14.7. The van der Waals surface area contributed by atoms with Crippen LogP contribution in [0.25, 0.3) is 0 Å². The third-order valence-corrected chi connectivity index (χ3v) is 3.57. The van der Waals surface area contributed by atoms with Crippen LogP contribution >= 0.6 is 11.3 Å². The molecular formula is C13H14N4O3S. The lowest BCUT2D eigenvalue weighted by Gasteiger charge is -2.29. The summed E-state index contributed by atoms with van der Waals surface area (Å²) in [6.07, 6.45) is -0.204. The Kier molecular flexibility index (Phi) is 3.87. The van der Waals surface area contributed by atoms with Crippen molar-refractivity contribution in [3.63, 3.8) is 0 Å². The lowest BCUT2D eigenvalue weighted by molar-refractivity contribution is 0.0731. The van der Waals surface area contributed by atoms with Crippen molar-refractivity contribution in [2.24, 2.45) is 0 Å². The molecule has 0 saturated heterocycles. The predicted octanol–water partition coefficient (Wildman–Crippen LogP) is 1.84. The second-order valence-corrected chi connectivity index (χ2v) is 5.39. The highest BCUT2D eigenvalue weighted by atomic mass is 32.1. The van der Waals surface area contributed by atoms with Crippen LogP contribution in [-0.4, -0.2) is 47.4 Å². The Hall–Kier alpha value is -2.35. The first-order valence-corrected chi connectivity index (χ1v) is 7.27. The van der Waals surface area contributed by atoms with Gasteiger partial charge in [-0.05, 0) is 12.1 Å². The zero-order valence-electron chi connectivity index (χ0n) is 11.4. The van der Waals surface area contributed by atoms with E-state index in [0.717, 1.165) is 5.75 Å². The molecule has 0 aliphatic carbocycles. The lowest BCUT2D eigenvalue weighted by atomic mass is 10.2. The Morgan fingerprint density at radius 3 is 3.05 bits per heavy atom. The van der Waals surface area contributed by atoms with E-state index in [4.69, 9.17) is 9.47 Å². The molecule has 1 aromatic heterocycles. The number of rotatable bonds is 3. The van der Waals surface area contributed by atoms with Crippen LogP contribution < -0.4 is 14.8 Å². The van der Waals surface area contributed by atoms with Gasteiger partial charge in [0, 0.05) is 7.05 Å². The number of nitrogens with one attached hydrogen (secondary N) is 1. The Balaban J connectivity index is 1.56. The number of ether oxygens (including phenoxy) is 2. The van der Waals surface area contributed by atoms with Gasteiger partial charge in [-0.1, -0.05) is 23.5 Å². The fourth-order valence-electron chi connectivity index (χ4n) is 1.96. The summed E-state index contributed by atoms with van der Waals surface area (Å²) >= 11 is 1.27. The summed E-state index contributed by atoms with van der Waals surface area (Å²) in [6, 6.07) is 7.23. The number of anilines is 1. The number of urea groups is 1. The molecule has 3 rings (SSSR count). The molecule has 0 saturated carbocycles. The normalized spacial score (nSPS) is 16.3. The number of hydrogen-bond donors (Lipinski definition) is 1. The van der Waals surface area contributed by atoms with Crippen molar-refractivity contribution in [2.45, 2.75) is 6.10 Å². The number of benzene rings is 1. The van der Waals surface area contributed by atoms with Gasteiger partial charge < -0.3 is 14.4 Å². The molecule has 0 spiro atoms. The highest BCUT2D eigenvalue weighted by Gasteiger charge is 2.23. The van der Waals surface area contributed by atoms with Crippen molar-refractivity contribution in [2.75, 3.05) is 25.5 Å². The summed E-state index contributed by atoms with van der Waals surface area (Å²) in [4.78, 5) is 13.5. The van der Waals surface area contributed by atoms with Crippen LogP contribution in [0.5, 0.6) is 11.5 Å². The van der Waals surface area contributed by atoms with Crippen molar-refractivity contribution in [3.05, 3.63) is 29.8 Å². The number of nitrogens with zero attached hydrogens (tertiary/aromatic N) is 3. The smallest absolute Gasteiger partial charge is 0.323 e. The maximum atomic E-state index is 12.0. The van der Waals surface area contributed by atoms with E-state index in [2.05, 4.69) is 15.5 Å². The molecule has 0 radical (unpaired) electrons. The van der Waals surface area contributed by atoms with Crippen LogP contribution in [0.15, 0.2) is 29.8 Å². The van der Waals surface area contributed by atoms with Crippen molar-refractivity contribution in [1.29, 1.82) is 0 Å². The predicted molar refractivity (Wildman–Crippen MR) is 77.9 cm³/mol. The van der Waals surface area contributed by atoms with Gasteiger partial charge in [0.05, 0.1) is 6.54 Å². The lowest BCUT2D eigenvalue weighted by Crippen LogP contribution is -2.43. The molecule has 1 aliphatic heterocycles. The molecule has 21 heavy (non-hydrogen) atoms. The van der Waals surface area contributed by atoms with Crippen LogP contribution in [0.3, 0.4) is 0 Å². The van der Waals surface area contributed by atoms with Gasteiger partial charge in [-0.2, -0.15) is 0 Å². The SMILES string of the molecule is CN(C[C@@H]1COc2ccccc2O1)C(=O)Nc1nncs1. The van der Waals surface area contributed by atoms with E-state index in [0.29, 0.717) is 24.0 Å². The summed E-state index contributed by atoms with van der Waals surface area (Å²) in [7, 11) is 1.69. The van der Waals surface area contributed by atoms with Crippen LogP contribution in [0.1, 0.15) is 0 Å². The topological polar surface area (TPSA) is 76.6 Å². The first-order valence-electron chi connectivity index (χ1n) is 6.39. The quantitative estimate of drug-likeness (QED) is 0.936. The zero-order valence-corrected chi connectivity index (χ0v) is 12.2.